The monoisotopic (exact) mass is 326 g/mol. The van der Waals surface area contributed by atoms with Gasteiger partial charge in [-0.1, -0.05) is 64.1 Å². The Morgan fingerprint density at radius 3 is 2.41 bits per heavy atom. The van der Waals surface area contributed by atoms with Gasteiger partial charge in [0, 0.05) is 21.4 Å². The van der Waals surface area contributed by atoms with Gasteiger partial charge in [-0.05, 0) is 23.8 Å². The minimum atomic E-state index is 0.0379. The van der Waals surface area contributed by atoms with Crippen LogP contribution in [0.3, 0.4) is 0 Å². The lowest BCUT2D eigenvalue weighted by molar-refractivity contribution is 0.104. The SMILES string of the molecule is COc1ccc(C2=C/C(=C/C(=O)c3ccccc3)SS2)cc1. The molecule has 22 heavy (non-hydrogen) atoms. The lowest BCUT2D eigenvalue weighted by atomic mass is 10.1. The van der Waals surface area contributed by atoms with Crippen molar-refractivity contribution < 1.29 is 9.53 Å². The van der Waals surface area contributed by atoms with Gasteiger partial charge in [0.2, 0.25) is 0 Å². The number of benzene rings is 2. The molecular weight excluding hydrogens is 312 g/mol. The summed E-state index contributed by atoms with van der Waals surface area (Å²) in [7, 11) is 4.94. The van der Waals surface area contributed by atoms with Gasteiger partial charge in [-0.2, -0.15) is 0 Å². The maximum atomic E-state index is 12.2. The highest BCUT2D eigenvalue weighted by Crippen LogP contribution is 2.49. The van der Waals surface area contributed by atoms with Gasteiger partial charge in [0.25, 0.3) is 0 Å². The maximum Gasteiger partial charge on any atom is 0.186 e. The van der Waals surface area contributed by atoms with Gasteiger partial charge in [-0.3, -0.25) is 4.79 Å². The first-order valence-corrected chi connectivity index (χ1v) is 8.93. The van der Waals surface area contributed by atoms with E-state index in [9.17, 15) is 4.79 Å². The van der Waals surface area contributed by atoms with E-state index in [1.807, 2.05) is 54.6 Å². The fraction of sp³-hybridized carbons (Fsp3) is 0.0556. The van der Waals surface area contributed by atoms with Gasteiger partial charge in [-0.15, -0.1) is 0 Å². The molecule has 0 atom stereocenters. The normalized spacial score (nSPS) is 15.7. The molecule has 2 aromatic rings. The molecule has 0 saturated heterocycles. The minimum absolute atomic E-state index is 0.0379. The standard InChI is InChI=1S/C18H14O2S2/c1-20-15-9-7-14(8-10-15)18-12-16(21-22-18)11-17(19)13-5-3-2-4-6-13/h2-12H,1H3/b16-11-. The molecule has 0 N–H and O–H groups in total. The van der Waals surface area contributed by atoms with E-state index in [1.165, 1.54) is 0 Å². The summed E-state index contributed by atoms with van der Waals surface area (Å²) in [5, 5.41) is 0. The molecule has 0 saturated carbocycles. The number of carbonyl (C=O) groups is 1. The lowest BCUT2D eigenvalue weighted by Gasteiger charge is -2.02. The molecule has 2 aromatic carbocycles. The lowest BCUT2D eigenvalue weighted by Crippen LogP contribution is -1.93. The van der Waals surface area contributed by atoms with Crippen molar-refractivity contribution in [3.8, 4) is 5.75 Å². The van der Waals surface area contributed by atoms with Crippen molar-refractivity contribution in [3.63, 3.8) is 0 Å². The second-order valence-electron chi connectivity index (χ2n) is 4.68. The van der Waals surface area contributed by atoms with Gasteiger partial charge in [0.05, 0.1) is 7.11 Å². The Labute approximate surface area is 137 Å². The smallest absolute Gasteiger partial charge is 0.186 e. The second-order valence-corrected chi connectivity index (χ2v) is 6.93. The van der Waals surface area contributed by atoms with E-state index in [2.05, 4.69) is 6.08 Å². The summed E-state index contributed by atoms with van der Waals surface area (Å²) in [5.41, 5.74) is 1.85. The third-order valence-electron chi connectivity index (χ3n) is 3.21. The first kappa shape index (κ1) is 15.0. The van der Waals surface area contributed by atoms with E-state index < -0.39 is 0 Å². The summed E-state index contributed by atoms with van der Waals surface area (Å²) < 4.78 is 5.17. The van der Waals surface area contributed by atoms with E-state index >= 15 is 0 Å². The van der Waals surface area contributed by atoms with Crippen molar-refractivity contribution in [1.29, 1.82) is 0 Å². The Bertz CT molecular complexity index is 731. The second kappa shape index (κ2) is 6.90. The highest BCUT2D eigenvalue weighted by Gasteiger charge is 2.15. The molecule has 110 valence electrons. The summed E-state index contributed by atoms with van der Waals surface area (Å²) in [5.74, 6) is 0.881. The van der Waals surface area contributed by atoms with Crippen LogP contribution in [-0.4, -0.2) is 12.9 Å². The molecule has 2 nitrogen and oxygen atoms in total. The molecule has 1 heterocycles. The van der Waals surface area contributed by atoms with Crippen molar-refractivity contribution in [2.24, 2.45) is 0 Å². The Morgan fingerprint density at radius 1 is 1.00 bits per heavy atom. The van der Waals surface area contributed by atoms with Crippen LogP contribution >= 0.6 is 21.6 Å². The van der Waals surface area contributed by atoms with Crippen molar-refractivity contribution in [2.45, 2.75) is 0 Å². The number of hydrogen-bond acceptors (Lipinski definition) is 4. The minimum Gasteiger partial charge on any atom is -0.497 e. The van der Waals surface area contributed by atoms with Gasteiger partial charge in [0.15, 0.2) is 5.78 Å². The first-order valence-electron chi connectivity index (χ1n) is 6.78. The van der Waals surface area contributed by atoms with Crippen LogP contribution in [0.15, 0.2) is 71.7 Å². The van der Waals surface area contributed by atoms with E-state index in [0.717, 1.165) is 21.1 Å². The first-order chi connectivity index (χ1) is 10.8. The summed E-state index contributed by atoms with van der Waals surface area (Å²) in [6, 6.07) is 17.3. The van der Waals surface area contributed by atoms with Crippen LogP contribution in [0.2, 0.25) is 0 Å². The van der Waals surface area contributed by atoms with Crippen molar-refractivity contribution >= 4 is 32.3 Å². The molecule has 0 unspecified atom stereocenters. The van der Waals surface area contributed by atoms with E-state index in [-0.39, 0.29) is 5.78 Å². The Morgan fingerprint density at radius 2 is 1.73 bits per heavy atom. The fourth-order valence-electron chi connectivity index (χ4n) is 2.04. The van der Waals surface area contributed by atoms with Gasteiger partial charge < -0.3 is 4.74 Å². The molecule has 4 heteroatoms. The predicted molar refractivity (Wildman–Crippen MR) is 95.0 cm³/mol. The molecule has 1 aliphatic rings. The van der Waals surface area contributed by atoms with Crippen LogP contribution in [0.25, 0.3) is 4.91 Å². The van der Waals surface area contributed by atoms with Gasteiger partial charge >= 0.3 is 0 Å². The van der Waals surface area contributed by atoms with Crippen LogP contribution in [-0.2, 0) is 0 Å². The zero-order valence-electron chi connectivity index (χ0n) is 12.0. The average Bonchev–Trinajstić information content (AvgIpc) is 3.04. The Kier molecular flexibility index (Phi) is 4.71. The molecule has 0 amide bonds. The maximum absolute atomic E-state index is 12.2. The van der Waals surface area contributed by atoms with Crippen LogP contribution in [0, 0.1) is 0 Å². The van der Waals surface area contributed by atoms with E-state index in [0.29, 0.717) is 5.56 Å². The van der Waals surface area contributed by atoms with Crippen LogP contribution in [0.5, 0.6) is 5.75 Å². The number of allylic oxidation sites excluding steroid dienone is 2. The summed E-state index contributed by atoms with van der Waals surface area (Å²) in [4.78, 5) is 14.3. The molecule has 0 aliphatic carbocycles. The van der Waals surface area contributed by atoms with Gasteiger partial charge in [-0.25, -0.2) is 0 Å². The molecule has 3 rings (SSSR count). The largest absolute Gasteiger partial charge is 0.497 e. The highest BCUT2D eigenvalue weighted by atomic mass is 33.1. The van der Waals surface area contributed by atoms with Crippen molar-refractivity contribution in [2.75, 3.05) is 7.11 Å². The summed E-state index contributed by atoms with van der Waals surface area (Å²) >= 11 is 0. The zero-order valence-corrected chi connectivity index (χ0v) is 13.6. The number of ketones is 1. The third kappa shape index (κ3) is 3.46. The summed E-state index contributed by atoms with van der Waals surface area (Å²) in [6.45, 7) is 0. The molecule has 0 spiro atoms. The molecule has 1 aliphatic heterocycles. The molecule has 0 bridgehead atoms. The van der Waals surface area contributed by atoms with Crippen LogP contribution < -0.4 is 4.74 Å². The third-order valence-corrected chi connectivity index (χ3v) is 5.62. The highest BCUT2D eigenvalue weighted by molar-refractivity contribution is 8.82. The predicted octanol–water partition coefficient (Wildman–Crippen LogP) is 5.20. The number of hydrogen-bond donors (Lipinski definition) is 0. The average molecular weight is 326 g/mol. The fourth-order valence-corrected chi connectivity index (χ4v) is 4.31. The number of ether oxygens (including phenoxy) is 1. The van der Waals surface area contributed by atoms with E-state index in [1.54, 1.807) is 34.8 Å². The Balaban J connectivity index is 1.78. The zero-order chi connectivity index (χ0) is 15.4. The molecule has 0 aromatic heterocycles. The van der Waals surface area contributed by atoms with Crippen molar-refractivity contribution in [1.82, 2.24) is 0 Å². The van der Waals surface area contributed by atoms with Gasteiger partial charge in [0.1, 0.15) is 5.75 Å². The quantitative estimate of drug-likeness (QED) is 0.438. The van der Waals surface area contributed by atoms with Crippen LogP contribution in [0.4, 0.5) is 0 Å². The Hall–Kier alpha value is -1.91. The molecule has 0 fully saturated rings. The van der Waals surface area contributed by atoms with Crippen LogP contribution in [0.1, 0.15) is 15.9 Å². The van der Waals surface area contributed by atoms with E-state index in [4.69, 9.17) is 4.74 Å². The number of rotatable bonds is 4. The molecular formula is C18H14O2S2. The molecule has 0 radical (unpaired) electrons. The summed E-state index contributed by atoms with van der Waals surface area (Å²) in [6.07, 6.45) is 3.75. The van der Waals surface area contributed by atoms with Crippen molar-refractivity contribution in [3.05, 3.63) is 82.8 Å². The number of carbonyl (C=O) groups excluding carboxylic acids is 1. The number of methoxy groups -OCH3 is 1. The topological polar surface area (TPSA) is 26.3 Å².